The molecule has 0 aromatic carbocycles. The van der Waals surface area contributed by atoms with Crippen LogP contribution in [0, 0.1) is 5.92 Å². The molecule has 1 heterocycles. The minimum Gasteiger partial charge on any atom is -0.343 e. The van der Waals surface area contributed by atoms with Gasteiger partial charge in [0, 0.05) is 32.0 Å². The van der Waals surface area contributed by atoms with Gasteiger partial charge in [0.1, 0.15) is 5.69 Å². The van der Waals surface area contributed by atoms with Crippen LogP contribution in [-0.2, 0) is 0 Å². The summed E-state index contributed by atoms with van der Waals surface area (Å²) in [6, 6.07) is 2.98. The number of aromatic nitrogens is 1. The molecule has 0 aliphatic heterocycles. The second-order valence-corrected chi connectivity index (χ2v) is 5.26. The smallest absolute Gasteiger partial charge is 0.319 e. The molecule has 2 N–H and O–H groups in total. The lowest BCUT2D eigenvalue weighted by Crippen LogP contribution is -2.39. The SMILES string of the molecule is CC(C)C(C)NC(=O)Nc1ccnc(C(=O)N(C)C)c1. The third-order valence-electron chi connectivity index (χ3n) is 3.00. The fourth-order valence-corrected chi connectivity index (χ4v) is 1.39. The van der Waals surface area contributed by atoms with Crippen LogP contribution in [-0.4, -0.2) is 42.0 Å². The summed E-state index contributed by atoms with van der Waals surface area (Å²) in [6.45, 7) is 6.01. The van der Waals surface area contributed by atoms with Crippen LogP contribution in [0.15, 0.2) is 18.3 Å². The highest BCUT2D eigenvalue weighted by atomic mass is 16.2. The summed E-state index contributed by atoms with van der Waals surface area (Å²) >= 11 is 0. The fourth-order valence-electron chi connectivity index (χ4n) is 1.39. The van der Waals surface area contributed by atoms with Crippen LogP contribution < -0.4 is 10.6 Å². The van der Waals surface area contributed by atoms with E-state index in [0.29, 0.717) is 17.3 Å². The van der Waals surface area contributed by atoms with Gasteiger partial charge in [-0.15, -0.1) is 0 Å². The summed E-state index contributed by atoms with van der Waals surface area (Å²) in [5, 5.41) is 5.53. The minimum atomic E-state index is -0.291. The molecule has 0 aliphatic rings. The van der Waals surface area contributed by atoms with Gasteiger partial charge in [-0.05, 0) is 25.0 Å². The molecule has 20 heavy (non-hydrogen) atoms. The van der Waals surface area contributed by atoms with Crippen molar-refractivity contribution in [2.24, 2.45) is 5.92 Å². The summed E-state index contributed by atoms with van der Waals surface area (Å²) in [5.74, 6) is 0.147. The Morgan fingerprint density at radius 3 is 2.45 bits per heavy atom. The number of carbonyl (C=O) groups excluding carboxylic acids is 2. The van der Waals surface area contributed by atoms with Crippen molar-refractivity contribution in [2.45, 2.75) is 26.8 Å². The highest BCUT2D eigenvalue weighted by Crippen LogP contribution is 2.09. The third-order valence-corrected chi connectivity index (χ3v) is 3.00. The number of carbonyl (C=O) groups is 2. The molecule has 6 nitrogen and oxygen atoms in total. The largest absolute Gasteiger partial charge is 0.343 e. The lowest BCUT2D eigenvalue weighted by Gasteiger charge is -2.18. The fraction of sp³-hybridized carbons (Fsp3) is 0.500. The Kier molecular flexibility index (Phi) is 5.49. The average Bonchev–Trinajstić information content (AvgIpc) is 2.37. The molecule has 0 saturated heterocycles. The lowest BCUT2D eigenvalue weighted by molar-refractivity contribution is 0.0822. The van der Waals surface area contributed by atoms with Gasteiger partial charge in [-0.1, -0.05) is 13.8 Å². The molecular weight excluding hydrogens is 256 g/mol. The standard InChI is InChI=1S/C14H22N4O2/c1-9(2)10(3)16-14(20)17-11-6-7-15-12(8-11)13(19)18(4)5/h6-10H,1-5H3,(H2,15,16,17,20). The van der Waals surface area contributed by atoms with Crippen molar-refractivity contribution < 1.29 is 9.59 Å². The number of pyridine rings is 1. The van der Waals surface area contributed by atoms with Gasteiger partial charge in [0.15, 0.2) is 0 Å². The Bertz CT molecular complexity index is 486. The zero-order chi connectivity index (χ0) is 15.3. The third kappa shape index (κ3) is 4.53. The zero-order valence-electron chi connectivity index (χ0n) is 12.6. The second kappa shape index (κ2) is 6.88. The Hall–Kier alpha value is -2.11. The van der Waals surface area contributed by atoms with Crippen molar-refractivity contribution in [3.8, 4) is 0 Å². The maximum atomic E-state index is 11.8. The van der Waals surface area contributed by atoms with Crippen LogP contribution in [0.4, 0.5) is 10.5 Å². The molecular formula is C14H22N4O2. The van der Waals surface area contributed by atoms with Crippen molar-refractivity contribution in [3.63, 3.8) is 0 Å². The van der Waals surface area contributed by atoms with E-state index in [9.17, 15) is 9.59 Å². The zero-order valence-corrected chi connectivity index (χ0v) is 12.6. The first-order chi connectivity index (χ1) is 9.31. The lowest BCUT2D eigenvalue weighted by atomic mass is 10.1. The molecule has 0 bridgehead atoms. The van der Waals surface area contributed by atoms with Gasteiger partial charge in [-0.3, -0.25) is 9.78 Å². The van der Waals surface area contributed by atoms with Gasteiger partial charge in [0.2, 0.25) is 0 Å². The molecule has 0 saturated carbocycles. The molecule has 6 heteroatoms. The van der Waals surface area contributed by atoms with Crippen LogP contribution in [0.1, 0.15) is 31.3 Å². The first-order valence-corrected chi connectivity index (χ1v) is 6.56. The van der Waals surface area contributed by atoms with Crippen LogP contribution in [0.5, 0.6) is 0 Å². The summed E-state index contributed by atoms with van der Waals surface area (Å²) < 4.78 is 0. The Morgan fingerprint density at radius 1 is 1.25 bits per heavy atom. The van der Waals surface area contributed by atoms with Crippen molar-refractivity contribution in [3.05, 3.63) is 24.0 Å². The summed E-state index contributed by atoms with van der Waals surface area (Å²) in [6.07, 6.45) is 1.50. The van der Waals surface area contributed by atoms with Crippen molar-refractivity contribution in [2.75, 3.05) is 19.4 Å². The summed E-state index contributed by atoms with van der Waals surface area (Å²) in [4.78, 5) is 29.0. The van der Waals surface area contributed by atoms with E-state index in [2.05, 4.69) is 15.6 Å². The van der Waals surface area contributed by atoms with E-state index >= 15 is 0 Å². The molecule has 1 aromatic heterocycles. The van der Waals surface area contributed by atoms with Gasteiger partial charge in [-0.2, -0.15) is 0 Å². The van der Waals surface area contributed by atoms with E-state index < -0.39 is 0 Å². The highest BCUT2D eigenvalue weighted by molar-refractivity contribution is 5.95. The van der Waals surface area contributed by atoms with Crippen molar-refractivity contribution >= 4 is 17.6 Å². The van der Waals surface area contributed by atoms with Crippen molar-refractivity contribution in [1.29, 1.82) is 0 Å². The van der Waals surface area contributed by atoms with Crippen molar-refractivity contribution in [1.82, 2.24) is 15.2 Å². The monoisotopic (exact) mass is 278 g/mol. The number of hydrogen-bond acceptors (Lipinski definition) is 3. The average molecular weight is 278 g/mol. The number of amides is 3. The number of urea groups is 1. The first kappa shape index (κ1) is 15.9. The van der Waals surface area contributed by atoms with E-state index in [-0.39, 0.29) is 18.0 Å². The first-order valence-electron chi connectivity index (χ1n) is 6.56. The molecule has 0 aliphatic carbocycles. The second-order valence-electron chi connectivity index (χ2n) is 5.26. The molecule has 0 fully saturated rings. The van der Waals surface area contributed by atoms with E-state index in [1.807, 2.05) is 20.8 Å². The Morgan fingerprint density at radius 2 is 1.90 bits per heavy atom. The molecule has 0 radical (unpaired) electrons. The van der Waals surface area contributed by atoms with Crippen LogP contribution in [0.25, 0.3) is 0 Å². The Labute approximate surface area is 119 Å². The highest BCUT2D eigenvalue weighted by Gasteiger charge is 2.13. The normalized spacial score (nSPS) is 11.9. The van der Waals surface area contributed by atoms with E-state index in [0.717, 1.165) is 0 Å². The van der Waals surface area contributed by atoms with E-state index in [1.54, 1.807) is 26.2 Å². The maximum Gasteiger partial charge on any atom is 0.319 e. The summed E-state index contributed by atoms with van der Waals surface area (Å²) in [7, 11) is 3.31. The topological polar surface area (TPSA) is 74.3 Å². The van der Waals surface area contributed by atoms with Gasteiger partial charge in [-0.25, -0.2) is 4.79 Å². The summed E-state index contributed by atoms with van der Waals surface area (Å²) in [5.41, 5.74) is 0.836. The van der Waals surface area contributed by atoms with Crippen LogP contribution >= 0.6 is 0 Å². The minimum absolute atomic E-state index is 0.0692. The predicted molar refractivity (Wildman–Crippen MR) is 78.7 cm³/mol. The number of nitrogens with one attached hydrogen (secondary N) is 2. The van der Waals surface area contributed by atoms with Gasteiger partial charge in [0.25, 0.3) is 5.91 Å². The predicted octanol–water partition coefficient (Wildman–Crippen LogP) is 1.95. The molecule has 110 valence electrons. The molecule has 1 atom stereocenters. The van der Waals surface area contributed by atoms with Crippen LogP contribution in [0.3, 0.4) is 0 Å². The molecule has 1 rings (SSSR count). The van der Waals surface area contributed by atoms with Gasteiger partial charge >= 0.3 is 6.03 Å². The molecule has 3 amide bonds. The maximum absolute atomic E-state index is 11.8. The van der Waals surface area contributed by atoms with E-state index in [1.165, 1.54) is 11.1 Å². The number of nitrogens with zero attached hydrogens (tertiary/aromatic N) is 2. The molecule has 0 spiro atoms. The van der Waals surface area contributed by atoms with Gasteiger partial charge < -0.3 is 15.5 Å². The molecule has 1 aromatic rings. The molecule has 1 unspecified atom stereocenters. The number of rotatable bonds is 4. The van der Waals surface area contributed by atoms with Gasteiger partial charge in [0.05, 0.1) is 0 Å². The number of hydrogen-bond donors (Lipinski definition) is 2. The number of anilines is 1. The van der Waals surface area contributed by atoms with E-state index in [4.69, 9.17) is 0 Å². The Balaban J connectivity index is 2.71. The quantitative estimate of drug-likeness (QED) is 0.884. The van der Waals surface area contributed by atoms with Crippen LogP contribution in [0.2, 0.25) is 0 Å².